The molecule has 29 heavy (non-hydrogen) atoms. The molecule has 0 saturated carbocycles. The van der Waals surface area contributed by atoms with Gasteiger partial charge in [0.25, 0.3) is 5.91 Å². The number of hydrogen-bond acceptors (Lipinski definition) is 6. The monoisotopic (exact) mass is 457 g/mol. The zero-order valence-electron chi connectivity index (χ0n) is 14.7. The predicted octanol–water partition coefficient (Wildman–Crippen LogP) is 5.29. The van der Waals surface area contributed by atoms with E-state index in [0.717, 1.165) is 0 Å². The van der Waals surface area contributed by atoms with E-state index < -0.39 is 17.8 Å². The van der Waals surface area contributed by atoms with Crippen LogP contribution in [0.25, 0.3) is 0 Å². The van der Waals surface area contributed by atoms with Crippen LogP contribution in [0.1, 0.15) is 15.4 Å². The van der Waals surface area contributed by atoms with Crippen molar-refractivity contribution in [3.63, 3.8) is 0 Å². The fourth-order valence-corrected chi connectivity index (χ4v) is 4.32. The lowest BCUT2D eigenvalue weighted by molar-refractivity contribution is -0.115. The Morgan fingerprint density at radius 1 is 1.07 bits per heavy atom. The Bertz CT molecular complexity index is 988. The van der Waals surface area contributed by atoms with Crippen LogP contribution in [-0.2, 0) is 11.2 Å². The molecule has 11 heteroatoms. The van der Waals surface area contributed by atoms with Crippen molar-refractivity contribution in [3.8, 4) is 0 Å². The molecule has 2 N–H and O–H groups in total. The van der Waals surface area contributed by atoms with E-state index >= 15 is 0 Å². The van der Waals surface area contributed by atoms with Gasteiger partial charge in [0, 0.05) is 10.3 Å². The standard InChI is InChI=1S/C18H14F3N3O2S3/c19-18(20,21)10-29-13-5-2-1-4-12(13)23-15(25)8-11-9-28-17(22-11)24-16(26)14-6-3-7-27-14/h1-7,9H,8,10H2,(H,23,25)(H,22,24,26). The summed E-state index contributed by atoms with van der Waals surface area (Å²) in [6.45, 7) is 0. The fourth-order valence-electron chi connectivity index (χ4n) is 2.23. The summed E-state index contributed by atoms with van der Waals surface area (Å²) in [5.74, 6) is -1.73. The van der Waals surface area contributed by atoms with Gasteiger partial charge in [0.05, 0.1) is 28.4 Å². The summed E-state index contributed by atoms with van der Waals surface area (Å²) < 4.78 is 37.4. The van der Waals surface area contributed by atoms with E-state index in [1.165, 1.54) is 28.7 Å². The molecule has 5 nitrogen and oxygen atoms in total. The van der Waals surface area contributed by atoms with Crippen molar-refractivity contribution < 1.29 is 22.8 Å². The largest absolute Gasteiger partial charge is 0.398 e. The van der Waals surface area contributed by atoms with E-state index in [0.29, 0.717) is 38.0 Å². The molecule has 0 saturated heterocycles. The highest BCUT2D eigenvalue weighted by Gasteiger charge is 2.27. The second kappa shape index (κ2) is 9.42. The number of amides is 2. The maximum absolute atomic E-state index is 12.5. The molecule has 2 amide bonds. The molecule has 0 aliphatic heterocycles. The minimum Gasteiger partial charge on any atom is -0.325 e. The minimum absolute atomic E-state index is 0.0658. The average molecular weight is 458 g/mol. The first-order chi connectivity index (χ1) is 13.8. The van der Waals surface area contributed by atoms with Crippen molar-refractivity contribution in [1.29, 1.82) is 0 Å². The molecule has 0 fully saturated rings. The third-order valence-electron chi connectivity index (χ3n) is 3.41. The molecule has 0 radical (unpaired) electrons. The van der Waals surface area contributed by atoms with Crippen molar-refractivity contribution >= 4 is 57.1 Å². The number of hydrogen-bond donors (Lipinski definition) is 2. The van der Waals surface area contributed by atoms with Crippen LogP contribution in [0.5, 0.6) is 0 Å². The summed E-state index contributed by atoms with van der Waals surface area (Å²) in [5.41, 5.74) is 0.766. The number of rotatable bonds is 7. The first-order valence-corrected chi connectivity index (χ1v) is 10.9. The van der Waals surface area contributed by atoms with Gasteiger partial charge in [0.1, 0.15) is 0 Å². The summed E-state index contributed by atoms with van der Waals surface area (Å²) in [4.78, 5) is 29.4. The highest BCUT2D eigenvalue weighted by atomic mass is 32.2. The molecule has 2 heterocycles. The summed E-state index contributed by atoms with van der Waals surface area (Å²) in [6.07, 6.45) is -4.37. The second-order valence-corrected chi connectivity index (χ2v) is 8.52. The quantitative estimate of drug-likeness (QED) is 0.473. The number of carbonyl (C=O) groups is 2. The minimum atomic E-state index is -4.30. The van der Waals surface area contributed by atoms with Crippen LogP contribution >= 0.6 is 34.4 Å². The summed E-state index contributed by atoms with van der Waals surface area (Å²) >= 11 is 3.11. The first kappa shape index (κ1) is 21.3. The lowest BCUT2D eigenvalue weighted by atomic mass is 10.3. The van der Waals surface area contributed by atoms with E-state index in [2.05, 4.69) is 15.6 Å². The Kier molecular flexibility index (Phi) is 6.93. The zero-order chi connectivity index (χ0) is 20.9. The Balaban J connectivity index is 1.58. The number of aromatic nitrogens is 1. The highest BCUT2D eigenvalue weighted by molar-refractivity contribution is 7.99. The number of benzene rings is 1. The SMILES string of the molecule is O=C(Cc1csc(NC(=O)c2cccs2)n1)Nc1ccccc1SCC(F)(F)F. The number of halogens is 3. The second-order valence-electron chi connectivity index (χ2n) is 5.70. The molecule has 0 aliphatic carbocycles. The molecule has 3 rings (SSSR count). The molecule has 0 atom stereocenters. The molecule has 2 aromatic heterocycles. The topological polar surface area (TPSA) is 71.1 Å². The molecular formula is C18H14F3N3O2S3. The molecule has 3 aromatic rings. The number of alkyl halides is 3. The normalized spacial score (nSPS) is 11.3. The van der Waals surface area contributed by atoms with Crippen molar-refractivity contribution in [3.05, 3.63) is 57.7 Å². The molecule has 0 bridgehead atoms. The molecule has 1 aromatic carbocycles. The van der Waals surface area contributed by atoms with Gasteiger partial charge in [-0.1, -0.05) is 18.2 Å². The predicted molar refractivity (Wildman–Crippen MR) is 110 cm³/mol. The van der Waals surface area contributed by atoms with Gasteiger partial charge in [-0.3, -0.25) is 14.9 Å². The summed E-state index contributed by atoms with van der Waals surface area (Å²) in [7, 11) is 0. The van der Waals surface area contributed by atoms with Crippen LogP contribution < -0.4 is 10.6 Å². The number of thiophene rings is 1. The number of carbonyl (C=O) groups excluding carboxylic acids is 2. The van der Waals surface area contributed by atoms with Crippen molar-refractivity contribution in [2.75, 3.05) is 16.4 Å². The maximum Gasteiger partial charge on any atom is 0.398 e. The Morgan fingerprint density at radius 3 is 2.59 bits per heavy atom. The van der Waals surface area contributed by atoms with Crippen LogP contribution in [0.15, 0.2) is 52.1 Å². The number of thiazole rings is 1. The number of nitrogens with zero attached hydrogens (tertiary/aromatic N) is 1. The van der Waals surface area contributed by atoms with Crippen molar-refractivity contribution in [1.82, 2.24) is 4.98 Å². The van der Waals surface area contributed by atoms with Crippen LogP contribution in [0, 0.1) is 0 Å². The van der Waals surface area contributed by atoms with Crippen LogP contribution in [0.3, 0.4) is 0 Å². The smallest absolute Gasteiger partial charge is 0.325 e. The van der Waals surface area contributed by atoms with Gasteiger partial charge in [-0.15, -0.1) is 34.4 Å². The summed E-state index contributed by atoms with van der Waals surface area (Å²) in [5, 5.41) is 9.09. The van der Waals surface area contributed by atoms with Gasteiger partial charge in [-0.2, -0.15) is 13.2 Å². The van der Waals surface area contributed by atoms with Gasteiger partial charge in [0.2, 0.25) is 5.91 Å². The molecule has 0 spiro atoms. The number of anilines is 2. The third kappa shape index (κ3) is 6.58. The van der Waals surface area contributed by atoms with Crippen molar-refractivity contribution in [2.45, 2.75) is 17.5 Å². The molecular weight excluding hydrogens is 443 g/mol. The van der Waals surface area contributed by atoms with Crippen LogP contribution in [0.4, 0.5) is 24.0 Å². The Morgan fingerprint density at radius 2 is 1.86 bits per heavy atom. The average Bonchev–Trinajstić information content (AvgIpc) is 3.32. The molecule has 152 valence electrons. The number of para-hydroxylation sites is 1. The maximum atomic E-state index is 12.5. The first-order valence-electron chi connectivity index (χ1n) is 8.18. The van der Waals surface area contributed by atoms with Gasteiger partial charge in [-0.05, 0) is 23.6 Å². The lowest BCUT2D eigenvalue weighted by Crippen LogP contribution is -2.16. The molecule has 0 unspecified atom stereocenters. The van der Waals surface area contributed by atoms with E-state index in [4.69, 9.17) is 0 Å². The lowest BCUT2D eigenvalue weighted by Gasteiger charge is -2.11. The Labute approximate surface area is 176 Å². The van der Waals surface area contributed by atoms with Gasteiger partial charge in [-0.25, -0.2) is 4.98 Å². The van der Waals surface area contributed by atoms with Gasteiger partial charge < -0.3 is 5.32 Å². The number of thioether (sulfide) groups is 1. The summed E-state index contributed by atoms with van der Waals surface area (Å²) in [6, 6.07) is 9.77. The van der Waals surface area contributed by atoms with Crippen LogP contribution in [-0.4, -0.2) is 28.7 Å². The van der Waals surface area contributed by atoms with Gasteiger partial charge >= 0.3 is 6.18 Å². The third-order valence-corrected chi connectivity index (χ3v) is 6.23. The zero-order valence-corrected chi connectivity index (χ0v) is 17.1. The molecule has 0 aliphatic rings. The van der Waals surface area contributed by atoms with E-state index in [1.807, 2.05) is 0 Å². The van der Waals surface area contributed by atoms with Crippen molar-refractivity contribution in [2.24, 2.45) is 0 Å². The Hall–Kier alpha value is -2.37. The fraction of sp³-hybridized carbons (Fsp3) is 0.167. The van der Waals surface area contributed by atoms with Gasteiger partial charge in [0.15, 0.2) is 5.13 Å². The van der Waals surface area contributed by atoms with E-state index in [9.17, 15) is 22.8 Å². The van der Waals surface area contributed by atoms with E-state index in [1.54, 1.807) is 41.1 Å². The van der Waals surface area contributed by atoms with E-state index in [-0.39, 0.29) is 12.3 Å². The van der Waals surface area contributed by atoms with Crippen LogP contribution in [0.2, 0.25) is 0 Å². The highest BCUT2D eigenvalue weighted by Crippen LogP contribution is 2.32. The number of nitrogens with one attached hydrogen (secondary N) is 2.